The van der Waals surface area contributed by atoms with Gasteiger partial charge in [-0.25, -0.2) is 9.37 Å². The molecule has 6 nitrogen and oxygen atoms in total. The van der Waals surface area contributed by atoms with Crippen molar-refractivity contribution in [2.45, 2.75) is 31.5 Å². The average molecular weight is 411 g/mol. The van der Waals surface area contributed by atoms with Crippen LogP contribution in [0.25, 0.3) is 0 Å². The molecule has 2 N–H and O–H groups in total. The summed E-state index contributed by atoms with van der Waals surface area (Å²) in [5.41, 5.74) is 1.70. The summed E-state index contributed by atoms with van der Waals surface area (Å²) < 4.78 is 13.1. The molecule has 0 atom stereocenters. The van der Waals surface area contributed by atoms with E-state index in [1.54, 1.807) is 0 Å². The second-order valence-corrected chi connectivity index (χ2v) is 7.65. The zero-order valence-corrected chi connectivity index (χ0v) is 16.4. The molecule has 0 fully saturated rings. The zero-order valence-electron chi connectivity index (χ0n) is 14.8. The third-order valence-electron chi connectivity index (χ3n) is 4.21. The smallest absolute Gasteiger partial charge is 0.256 e. The fraction of sp³-hybridized carbons (Fsp3) is 0.389. The van der Waals surface area contributed by atoms with Gasteiger partial charge in [0.25, 0.3) is 5.56 Å². The van der Waals surface area contributed by atoms with Crippen LogP contribution in [0.2, 0.25) is 5.02 Å². The van der Waals surface area contributed by atoms with Crippen LogP contribution in [0.3, 0.4) is 0 Å². The maximum absolute atomic E-state index is 13.1. The molecule has 1 aromatic carbocycles. The Kier molecular flexibility index (Phi) is 6.51. The van der Waals surface area contributed by atoms with Crippen LogP contribution < -0.4 is 10.9 Å². The Labute approximate surface area is 165 Å². The van der Waals surface area contributed by atoms with E-state index in [2.05, 4.69) is 27.1 Å². The molecule has 0 aliphatic carbocycles. The van der Waals surface area contributed by atoms with Gasteiger partial charge in [0.15, 0.2) is 5.16 Å². The van der Waals surface area contributed by atoms with Gasteiger partial charge in [0.05, 0.1) is 27.7 Å². The molecule has 0 bridgehead atoms. The molecule has 27 heavy (non-hydrogen) atoms. The topological polar surface area (TPSA) is 78.1 Å². The van der Waals surface area contributed by atoms with Crippen LogP contribution in [0.15, 0.2) is 28.2 Å². The van der Waals surface area contributed by atoms with E-state index in [0.29, 0.717) is 23.0 Å². The highest BCUT2D eigenvalue weighted by Crippen LogP contribution is 2.23. The van der Waals surface area contributed by atoms with Gasteiger partial charge in [-0.15, -0.1) is 0 Å². The Hall–Kier alpha value is -1.90. The van der Waals surface area contributed by atoms with Crippen LogP contribution in [0.4, 0.5) is 10.1 Å². The molecule has 1 aromatic heterocycles. The standard InChI is InChI=1S/C18H20ClFN4O2S/c1-2-6-24-7-5-14-12(9-24)17(26)23-18(22-14)27-10-16(25)21-15-4-3-11(20)8-13(15)19/h3-4,8H,2,5-7,9-10H2,1H3,(H,21,25)(H,22,23,26). The molecule has 9 heteroatoms. The van der Waals surface area contributed by atoms with Crippen molar-refractivity contribution in [2.75, 3.05) is 24.2 Å². The second kappa shape index (κ2) is 8.86. The molecule has 0 spiro atoms. The summed E-state index contributed by atoms with van der Waals surface area (Å²) in [7, 11) is 0. The minimum Gasteiger partial charge on any atom is -0.324 e. The molecule has 2 heterocycles. The van der Waals surface area contributed by atoms with E-state index in [-0.39, 0.29) is 22.2 Å². The molecular weight excluding hydrogens is 391 g/mol. The summed E-state index contributed by atoms with van der Waals surface area (Å²) in [5.74, 6) is -0.735. The highest BCUT2D eigenvalue weighted by Gasteiger charge is 2.21. The maximum Gasteiger partial charge on any atom is 0.256 e. The number of benzene rings is 1. The Morgan fingerprint density at radius 1 is 1.48 bits per heavy atom. The lowest BCUT2D eigenvalue weighted by molar-refractivity contribution is -0.113. The number of fused-ring (bicyclic) bond motifs is 1. The number of hydrogen-bond acceptors (Lipinski definition) is 5. The molecule has 0 unspecified atom stereocenters. The van der Waals surface area contributed by atoms with Crippen LogP contribution in [0, 0.1) is 5.82 Å². The van der Waals surface area contributed by atoms with Crippen LogP contribution in [0.1, 0.15) is 24.6 Å². The first-order valence-electron chi connectivity index (χ1n) is 8.68. The van der Waals surface area contributed by atoms with E-state index in [9.17, 15) is 14.0 Å². The third-order valence-corrected chi connectivity index (χ3v) is 5.40. The molecule has 2 aromatic rings. The number of thioether (sulfide) groups is 1. The van der Waals surface area contributed by atoms with Crippen molar-refractivity contribution < 1.29 is 9.18 Å². The van der Waals surface area contributed by atoms with Gasteiger partial charge in [0, 0.05) is 19.5 Å². The van der Waals surface area contributed by atoms with Gasteiger partial charge in [-0.1, -0.05) is 30.3 Å². The van der Waals surface area contributed by atoms with Gasteiger partial charge < -0.3 is 10.3 Å². The Morgan fingerprint density at radius 2 is 2.30 bits per heavy atom. The predicted molar refractivity (Wildman–Crippen MR) is 105 cm³/mol. The van der Waals surface area contributed by atoms with Crippen molar-refractivity contribution >= 4 is 35.0 Å². The van der Waals surface area contributed by atoms with E-state index in [0.717, 1.165) is 49.5 Å². The first-order valence-corrected chi connectivity index (χ1v) is 10.0. The van der Waals surface area contributed by atoms with Crippen molar-refractivity contribution in [3.63, 3.8) is 0 Å². The van der Waals surface area contributed by atoms with E-state index >= 15 is 0 Å². The summed E-state index contributed by atoms with van der Waals surface area (Å²) in [6.07, 6.45) is 1.77. The van der Waals surface area contributed by atoms with Gasteiger partial charge in [0.1, 0.15) is 5.82 Å². The normalized spacial score (nSPS) is 14.0. The lowest BCUT2D eigenvalue weighted by Crippen LogP contribution is -2.36. The molecule has 3 rings (SSSR count). The number of aromatic amines is 1. The summed E-state index contributed by atoms with van der Waals surface area (Å²) >= 11 is 7.05. The number of anilines is 1. The van der Waals surface area contributed by atoms with Crippen LogP contribution >= 0.6 is 23.4 Å². The lowest BCUT2D eigenvalue weighted by Gasteiger charge is -2.27. The summed E-state index contributed by atoms with van der Waals surface area (Å²) in [5, 5.41) is 3.17. The molecular formula is C18H20ClFN4O2S. The molecule has 0 saturated carbocycles. The Bertz CT molecular complexity index is 905. The van der Waals surface area contributed by atoms with Gasteiger partial charge in [-0.3, -0.25) is 14.5 Å². The zero-order chi connectivity index (χ0) is 19.4. The van der Waals surface area contributed by atoms with Crippen LogP contribution in [-0.2, 0) is 17.8 Å². The SMILES string of the molecule is CCCN1CCc2nc(SCC(=O)Nc3ccc(F)cc3Cl)[nH]c(=O)c2C1. The first kappa shape index (κ1) is 19.9. The number of nitrogens with zero attached hydrogens (tertiary/aromatic N) is 2. The number of nitrogens with one attached hydrogen (secondary N) is 2. The molecule has 0 saturated heterocycles. The largest absolute Gasteiger partial charge is 0.324 e. The summed E-state index contributed by atoms with van der Waals surface area (Å²) in [4.78, 5) is 34.0. The van der Waals surface area contributed by atoms with Gasteiger partial charge >= 0.3 is 0 Å². The number of H-pyrrole nitrogens is 1. The fourth-order valence-corrected chi connectivity index (χ4v) is 3.84. The van der Waals surface area contributed by atoms with Crippen molar-refractivity contribution in [2.24, 2.45) is 0 Å². The van der Waals surface area contributed by atoms with Crippen LogP contribution in [-0.4, -0.2) is 39.6 Å². The first-order chi connectivity index (χ1) is 13.0. The molecule has 0 radical (unpaired) electrons. The Balaban J connectivity index is 1.62. The third kappa shape index (κ3) is 5.09. The minimum atomic E-state index is -0.472. The summed E-state index contributed by atoms with van der Waals surface area (Å²) in [6.45, 7) is 4.56. The van der Waals surface area contributed by atoms with Gasteiger partial charge in [-0.2, -0.15) is 0 Å². The number of amides is 1. The quantitative estimate of drug-likeness (QED) is 0.565. The van der Waals surface area contributed by atoms with Crippen molar-refractivity contribution in [3.8, 4) is 0 Å². The Morgan fingerprint density at radius 3 is 3.04 bits per heavy atom. The van der Waals surface area contributed by atoms with Crippen LogP contribution in [0.5, 0.6) is 0 Å². The van der Waals surface area contributed by atoms with Crippen molar-refractivity contribution in [1.82, 2.24) is 14.9 Å². The average Bonchev–Trinajstić information content (AvgIpc) is 2.63. The molecule has 1 amide bonds. The number of rotatable bonds is 6. The van der Waals surface area contributed by atoms with E-state index in [1.807, 2.05) is 0 Å². The van der Waals surface area contributed by atoms with Crippen molar-refractivity contribution in [1.29, 1.82) is 0 Å². The van der Waals surface area contributed by atoms with Gasteiger partial charge in [-0.05, 0) is 31.2 Å². The summed E-state index contributed by atoms with van der Waals surface area (Å²) in [6, 6.07) is 3.76. The van der Waals surface area contributed by atoms with E-state index < -0.39 is 5.82 Å². The van der Waals surface area contributed by atoms with Gasteiger partial charge in [0.2, 0.25) is 5.91 Å². The molecule has 1 aliphatic heterocycles. The number of carbonyl (C=O) groups excluding carboxylic acids is 1. The predicted octanol–water partition coefficient (Wildman–Crippen LogP) is 3.06. The minimum absolute atomic E-state index is 0.0530. The lowest BCUT2D eigenvalue weighted by atomic mass is 10.1. The van der Waals surface area contributed by atoms with Crippen molar-refractivity contribution in [3.05, 3.63) is 50.7 Å². The molecule has 144 valence electrons. The highest BCUT2D eigenvalue weighted by atomic mass is 35.5. The number of halogens is 2. The number of carbonyl (C=O) groups is 1. The fourth-order valence-electron chi connectivity index (χ4n) is 2.94. The monoisotopic (exact) mass is 410 g/mol. The van der Waals surface area contributed by atoms with E-state index in [4.69, 9.17) is 11.6 Å². The second-order valence-electron chi connectivity index (χ2n) is 6.28. The highest BCUT2D eigenvalue weighted by molar-refractivity contribution is 7.99. The number of aromatic nitrogens is 2. The number of hydrogen-bond donors (Lipinski definition) is 2. The molecule has 1 aliphatic rings. The van der Waals surface area contributed by atoms with E-state index in [1.165, 1.54) is 12.1 Å². The maximum atomic E-state index is 13.1.